The fourth-order valence-electron chi connectivity index (χ4n) is 3.03. The van der Waals surface area contributed by atoms with E-state index in [1.54, 1.807) is 0 Å². The van der Waals surface area contributed by atoms with Crippen molar-refractivity contribution in [3.05, 3.63) is 0 Å². The molecule has 0 aromatic rings. The van der Waals surface area contributed by atoms with Crippen LogP contribution >= 0.6 is 0 Å². The third-order valence-corrected chi connectivity index (χ3v) is 4.61. The Balaban J connectivity index is 1.73. The Bertz CT molecular complexity index is 190. The topological polar surface area (TPSA) is 26.0 Å². The number of hydrogen-bond acceptors (Lipinski definition) is 1. The van der Waals surface area contributed by atoms with Crippen molar-refractivity contribution in [3.8, 4) is 0 Å². The molecule has 18 heavy (non-hydrogen) atoms. The lowest BCUT2D eigenvalue weighted by molar-refractivity contribution is 0.481. The molecule has 0 saturated heterocycles. The van der Waals surface area contributed by atoms with Gasteiger partial charge in [-0.3, -0.25) is 0 Å². The summed E-state index contributed by atoms with van der Waals surface area (Å²) >= 11 is 0. The van der Waals surface area contributed by atoms with Crippen molar-refractivity contribution in [2.24, 2.45) is 17.6 Å². The van der Waals surface area contributed by atoms with E-state index in [4.69, 9.17) is 5.73 Å². The lowest BCUT2D eigenvalue weighted by Crippen LogP contribution is -2.22. The van der Waals surface area contributed by atoms with E-state index in [1.165, 1.54) is 77.0 Å². The van der Waals surface area contributed by atoms with E-state index in [2.05, 4.69) is 13.8 Å². The van der Waals surface area contributed by atoms with Gasteiger partial charge in [-0.05, 0) is 24.7 Å². The molecule has 3 unspecified atom stereocenters. The van der Waals surface area contributed by atoms with E-state index in [1.807, 2.05) is 0 Å². The fourth-order valence-corrected chi connectivity index (χ4v) is 3.03. The highest BCUT2D eigenvalue weighted by molar-refractivity contribution is 4.90. The Hall–Kier alpha value is -0.0400. The SMILES string of the molecule is CCCCCCCCCCCCC(N)C1CC1C. The first-order valence-electron chi connectivity index (χ1n) is 8.51. The van der Waals surface area contributed by atoms with Crippen molar-refractivity contribution < 1.29 is 0 Å². The van der Waals surface area contributed by atoms with E-state index in [9.17, 15) is 0 Å². The Morgan fingerprint density at radius 2 is 1.33 bits per heavy atom. The van der Waals surface area contributed by atoms with Gasteiger partial charge in [0.15, 0.2) is 0 Å². The predicted octanol–water partition coefficient (Wildman–Crippen LogP) is 5.28. The zero-order valence-corrected chi connectivity index (χ0v) is 12.8. The molecule has 0 bridgehead atoms. The summed E-state index contributed by atoms with van der Waals surface area (Å²) in [7, 11) is 0. The molecule has 1 aliphatic carbocycles. The summed E-state index contributed by atoms with van der Waals surface area (Å²) < 4.78 is 0. The Morgan fingerprint density at radius 3 is 1.78 bits per heavy atom. The second-order valence-electron chi connectivity index (χ2n) is 6.51. The molecule has 1 rings (SSSR count). The van der Waals surface area contributed by atoms with E-state index < -0.39 is 0 Å². The van der Waals surface area contributed by atoms with Crippen LogP contribution in [-0.2, 0) is 0 Å². The summed E-state index contributed by atoms with van der Waals surface area (Å²) in [6, 6.07) is 0.508. The van der Waals surface area contributed by atoms with Gasteiger partial charge in [0, 0.05) is 6.04 Å². The zero-order chi connectivity index (χ0) is 13.2. The molecule has 0 heterocycles. The van der Waals surface area contributed by atoms with Crippen LogP contribution in [0.1, 0.15) is 90.9 Å². The third kappa shape index (κ3) is 7.41. The van der Waals surface area contributed by atoms with Gasteiger partial charge >= 0.3 is 0 Å². The van der Waals surface area contributed by atoms with Crippen LogP contribution in [0, 0.1) is 11.8 Å². The lowest BCUT2D eigenvalue weighted by atomic mass is 10.0. The van der Waals surface area contributed by atoms with Gasteiger partial charge in [0.05, 0.1) is 0 Å². The number of unbranched alkanes of at least 4 members (excludes halogenated alkanes) is 9. The second-order valence-corrected chi connectivity index (χ2v) is 6.51. The van der Waals surface area contributed by atoms with E-state index >= 15 is 0 Å². The summed E-state index contributed by atoms with van der Waals surface area (Å²) in [5.41, 5.74) is 6.18. The lowest BCUT2D eigenvalue weighted by Gasteiger charge is -2.10. The fraction of sp³-hybridized carbons (Fsp3) is 1.00. The zero-order valence-electron chi connectivity index (χ0n) is 12.8. The molecule has 1 saturated carbocycles. The molecule has 0 aliphatic heterocycles. The van der Waals surface area contributed by atoms with Crippen LogP contribution in [0.15, 0.2) is 0 Å². The molecule has 0 aromatic heterocycles. The van der Waals surface area contributed by atoms with Crippen LogP contribution in [0.5, 0.6) is 0 Å². The van der Waals surface area contributed by atoms with Crippen molar-refractivity contribution in [1.82, 2.24) is 0 Å². The van der Waals surface area contributed by atoms with Gasteiger partial charge in [-0.2, -0.15) is 0 Å². The Morgan fingerprint density at radius 1 is 0.889 bits per heavy atom. The van der Waals surface area contributed by atoms with Crippen molar-refractivity contribution >= 4 is 0 Å². The largest absolute Gasteiger partial charge is 0.327 e. The molecular formula is C17H35N. The first-order chi connectivity index (χ1) is 8.75. The molecular weight excluding hydrogens is 218 g/mol. The standard InChI is InChI=1S/C17H35N/c1-3-4-5-6-7-8-9-10-11-12-13-17(18)16-14-15(16)2/h15-17H,3-14,18H2,1-2H3. The Labute approximate surface area is 115 Å². The minimum absolute atomic E-state index is 0.508. The average molecular weight is 253 g/mol. The van der Waals surface area contributed by atoms with Crippen LogP contribution in [0.25, 0.3) is 0 Å². The predicted molar refractivity (Wildman–Crippen MR) is 81.7 cm³/mol. The minimum atomic E-state index is 0.508. The molecule has 0 spiro atoms. The first kappa shape index (κ1) is 16.0. The highest BCUT2D eigenvalue weighted by Gasteiger charge is 2.36. The Kier molecular flexibility index (Phi) is 8.75. The van der Waals surface area contributed by atoms with Crippen molar-refractivity contribution in [2.45, 2.75) is 96.9 Å². The summed E-state index contributed by atoms with van der Waals surface area (Å²) in [5, 5.41) is 0. The molecule has 3 atom stereocenters. The van der Waals surface area contributed by atoms with Gasteiger partial charge in [0.2, 0.25) is 0 Å². The molecule has 2 N–H and O–H groups in total. The van der Waals surface area contributed by atoms with Gasteiger partial charge in [0.25, 0.3) is 0 Å². The van der Waals surface area contributed by atoms with Gasteiger partial charge in [-0.1, -0.05) is 78.1 Å². The first-order valence-corrected chi connectivity index (χ1v) is 8.51. The molecule has 1 nitrogen and oxygen atoms in total. The number of hydrogen-bond donors (Lipinski definition) is 1. The van der Waals surface area contributed by atoms with Crippen LogP contribution < -0.4 is 5.73 Å². The van der Waals surface area contributed by atoms with Gasteiger partial charge in [0.1, 0.15) is 0 Å². The molecule has 0 amide bonds. The van der Waals surface area contributed by atoms with E-state index in [0.717, 1.165) is 11.8 Å². The summed E-state index contributed by atoms with van der Waals surface area (Å²) in [4.78, 5) is 0. The van der Waals surface area contributed by atoms with Crippen molar-refractivity contribution in [3.63, 3.8) is 0 Å². The molecule has 0 aromatic carbocycles. The van der Waals surface area contributed by atoms with E-state index in [-0.39, 0.29) is 0 Å². The van der Waals surface area contributed by atoms with Crippen molar-refractivity contribution in [1.29, 1.82) is 0 Å². The van der Waals surface area contributed by atoms with E-state index in [0.29, 0.717) is 6.04 Å². The van der Waals surface area contributed by atoms with Crippen molar-refractivity contribution in [2.75, 3.05) is 0 Å². The average Bonchev–Trinajstić information content (AvgIpc) is 3.09. The van der Waals surface area contributed by atoms with Crippen LogP contribution in [0.3, 0.4) is 0 Å². The van der Waals surface area contributed by atoms with Crippen LogP contribution in [0.2, 0.25) is 0 Å². The van der Waals surface area contributed by atoms with Gasteiger partial charge in [-0.25, -0.2) is 0 Å². The summed E-state index contributed by atoms with van der Waals surface area (Å²) in [6.07, 6.45) is 16.9. The quantitative estimate of drug-likeness (QED) is 0.470. The molecule has 1 aliphatic rings. The molecule has 1 heteroatoms. The molecule has 0 radical (unpaired) electrons. The number of rotatable bonds is 12. The molecule has 108 valence electrons. The van der Waals surface area contributed by atoms with Gasteiger partial charge < -0.3 is 5.73 Å². The summed E-state index contributed by atoms with van der Waals surface area (Å²) in [6.45, 7) is 4.62. The van der Waals surface area contributed by atoms with Crippen LogP contribution in [-0.4, -0.2) is 6.04 Å². The van der Waals surface area contributed by atoms with Crippen LogP contribution in [0.4, 0.5) is 0 Å². The monoisotopic (exact) mass is 253 g/mol. The smallest absolute Gasteiger partial charge is 0.00698 e. The molecule has 1 fully saturated rings. The maximum atomic E-state index is 6.18. The highest BCUT2D eigenvalue weighted by atomic mass is 14.7. The third-order valence-electron chi connectivity index (χ3n) is 4.61. The maximum Gasteiger partial charge on any atom is 0.00698 e. The maximum absolute atomic E-state index is 6.18. The number of nitrogens with two attached hydrogens (primary N) is 1. The minimum Gasteiger partial charge on any atom is -0.327 e. The second kappa shape index (κ2) is 9.83. The summed E-state index contributed by atoms with van der Waals surface area (Å²) in [5.74, 6) is 1.78. The normalized spacial score (nSPS) is 24.2. The van der Waals surface area contributed by atoms with Gasteiger partial charge in [-0.15, -0.1) is 0 Å². The highest BCUT2D eigenvalue weighted by Crippen LogP contribution is 2.41.